The maximum atomic E-state index is 13.3. The molecule has 2 N–H and O–H groups in total. The highest BCUT2D eigenvalue weighted by Gasteiger charge is 2.60. The summed E-state index contributed by atoms with van der Waals surface area (Å²) in [5.74, 6) is 6.35. The zero-order valence-corrected chi connectivity index (χ0v) is 17.3. The van der Waals surface area contributed by atoms with Crippen LogP contribution in [0, 0.1) is 17.3 Å². The summed E-state index contributed by atoms with van der Waals surface area (Å²) in [5.41, 5.74) is -1.88. The van der Waals surface area contributed by atoms with E-state index in [1.54, 1.807) is 19.9 Å². The smallest absolute Gasteiger partial charge is 0.210 e. The van der Waals surface area contributed by atoms with Gasteiger partial charge in [0.15, 0.2) is 11.9 Å². The second kappa shape index (κ2) is 7.31. The van der Waals surface area contributed by atoms with Crippen molar-refractivity contribution in [3.8, 4) is 11.8 Å². The number of Topliss-reactive ketones (excluding diaryl/α,β-unsaturated/α-hetero) is 1. The van der Waals surface area contributed by atoms with Crippen LogP contribution in [0.25, 0.3) is 0 Å². The fraction of sp³-hybridized carbons (Fsp3) is 0.682. The third-order valence-corrected chi connectivity index (χ3v) is 5.40. The van der Waals surface area contributed by atoms with Gasteiger partial charge in [-0.1, -0.05) is 18.8 Å². The predicted octanol–water partition coefficient (Wildman–Crippen LogP) is 2.24. The van der Waals surface area contributed by atoms with Gasteiger partial charge >= 0.3 is 0 Å². The third kappa shape index (κ3) is 3.90. The van der Waals surface area contributed by atoms with E-state index >= 15 is 0 Å². The quantitative estimate of drug-likeness (QED) is 0.566. The average molecular weight is 390 g/mol. The van der Waals surface area contributed by atoms with Crippen molar-refractivity contribution in [3.05, 3.63) is 23.0 Å². The summed E-state index contributed by atoms with van der Waals surface area (Å²) in [6, 6.07) is 0. The van der Waals surface area contributed by atoms with Gasteiger partial charge in [-0.25, -0.2) is 0 Å². The fourth-order valence-corrected chi connectivity index (χ4v) is 3.97. The molecule has 0 aromatic rings. The molecule has 6 nitrogen and oxygen atoms in total. The van der Waals surface area contributed by atoms with Gasteiger partial charge in [0.05, 0.1) is 18.8 Å². The summed E-state index contributed by atoms with van der Waals surface area (Å²) < 4.78 is 17.5. The number of carbonyl (C=O) groups excluding carboxylic acids is 1. The molecule has 1 unspecified atom stereocenters. The minimum atomic E-state index is -1.29. The number of carbonyl (C=O) groups is 1. The van der Waals surface area contributed by atoms with Crippen LogP contribution < -0.4 is 0 Å². The molecule has 2 aliphatic heterocycles. The van der Waals surface area contributed by atoms with Crippen molar-refractivity contribution in [1.82, 2.24) is 0 Å². The number of aliphatic hydroxyl groups is 2. The molecule has 3 aliphatic rings. The first kappa shape index (κ1) is 21.1. The first-order valence-corrected chi connectivity index (χ1v) is 9.83. The highest BCUT2D eigenvalue weighted by molar-refractivity contribution is 6.07. The summed E-state index contributed by atoms with van der Waals surface area (Å²) in [7, 11) is 0. The van der Waals surface area contributed by atoms with E-state index in [-0.39, 0.29) is 12.2 Å². The first-order valence-electron chi connectivity index (χ1n) is 9.83. The fourth-order valence-electron chi connectivity index (χ4n) is 3.97. The Morgan fingerprint density at radius 1 is 1.36 bits per heavy atom. The van der Waals surface area contributed by atoms with E-state index in [0.29, 0.717) is 43.0 Å². The molecule has 3 rings (SSSR count). The number of ether oxygens (including phenoxy) is 3. The van der Waals surface area contributed by atoms with Gasteiger partial charge in [-0.2, -0.15) is 0 Å². The standard InChI is InChI=1S/C22H30O6/c1-6-15(23)7-8-20(3,4)12-17-14(2)18(24)22(28-17)13-21(5,25)11-16(22)19-26-9-10-27-19/h11,15,19,23,25H,6,9-10,12-13H2,1-5H3/t15?,21-,22-/m1/s1. The van der Waals surface area contributed by atoms with Gasteiger partial charge in [-0.15, -0.1) is 0 Å². The van der Waals surface area contributed by atoms with Gasteiger partial charge < -0.3 is 24.4 Å². The molecule has 1 spiro atoms. The number of allylic oxidation sites excluding steroid dienone is 1. The molecular weight excluding hydrogens is 360 g/mol. The molecule has 0 radical (unpaired) electrons. The van der Waals surface area contributed by atoms with E-state index in [0.717, 1.165) is 0 Å². The molecule has 6 heteroatoms. The molecule has 28 heavy (non-hydrogen) atoms. The van der Waals surface area contributed by atoms with E-state index in [1.807, 2.05) is 20.8 Å². The van der Waals surface area contributed by atoms with Crippen LogP contribution in [0.15, 0.2) is 23.0 Å². The zero-order chi connectivity index (χ0) is 20.7. The maximum Gasteiger partial charge on any atom is 0.210 e. The number of ketones is 1. The topological polar surface area (TPSA) is 85.2 Å². The molecule has 0 aromatic heterocycles. The summed E-state index contributed by atoms with van der Waals surface area (Å²) in [5, 5.41) is 20.4. The van der Waals surface area contributed by atoms with Gasteiger partial charge in [0.2, 0.25) is 5.78 Å². The van der Waals surface area contributed by atoms with Crippen LogP contribution in [0.5, 0.6) is 0 Å². The number of hydrogen-bond donors (Lipinski definition) is 2. The van der Waals surface area contributed by atoms with Gasteiger partial charge in [-0.05, 0) is 40.2 Å². The van der Waals surface area contributed by atoms with Gasteiger partial charge in [0, 0.05) is 29.4 Å². The summed E-state index contributed by atoms with van der Waals surface area (Å²) in [4.78, 5) is 13.3. The lowest BCUT2D eigenvalue weighted by molar-refractivity contribution is -0.133. The second-order valence-corrected chi connectivity index (χ2v) is 8.77. The van der Waals surface area contributed by atoms with Crippen molar-refractivity contribution in [1.29, 1.82) is 0 Å². The predicted molar refractivity (Wildman–Crippen MR) is 103 cm³/mol. The lowest BCUT2D eigenvalue weighted by Crippen LogP contribution is -2.43. The Bertz CT molecular complexity index is 773. The van der Waals surface area contributed by atoms with Crippen molar-refractivity contribution in [3.63, 3.8) is 0 Å². The molecule has 0 bridgehead atoms. The lowest BCUT2D eigenvalue weighted by Gasteiger charge is -2.31. The minimum Gasteiger partial charge on any atom is -0.478 e. The van der Waals surface area contributed by atoms with Crippen LogP contribution >= 0.6 is 0 Å². The van der Waals surface area contributed by atoms with Crippen molar-refractivity contribution in [2.75, 3.05) is 13.2 Å². The van der Waals surface area contributed by atoms with Crippen LogP contribution in [-0.2, 0) is 19.0 Å². The Labute approximate surface area is 166 Å². The molecule has 2 heterocycles. The Hall–Kier alpha value is -1.65. The summed E-state index contributed by atoms with van der Waals surface area (Å²) in [6.45, 7) is 10.1. The average Bonchev–Trinajstić information content (AvgIpc) is 3.28. The Balaban J connectivity index is 1.87. The second-order valence-electron chi connectivity index (χ2n) is 8.77. The molecule has 3 atom stereocenters. The monoisotopic (exact) mass is 390 g/mol. The van der Waals surface area contributed by atoms with E-state index in [1.165, 1.54) is 0 Å². The van der Waals surface area contributed by atoms with Crippen LogP contribution in [0.3, 0.4) is 0 Å². The van der Waals surface area contributed by atoms with Gasteiger partial charge in [0.1, 0.15) is 11.9 Å². The molecule has 154 valence electrons. The van der Waals surface area contributed by atoms with Gasteiger partial charge in [-0.3, -0.25) is 4.79 Å². The zero-order valence-electron chi connectivity index (χ0n) is 17.3. The van der Waals surface area contributed by atoms with Gasteiger partial charge in [0.25, 0.3) is 0 Å². The third-order valence-electron chi connectivity index (χ3n) is 5.40. The Morgan fingerprint density at radius 2 is 2.00 bits per heavy atom. The van der Waals surface area contributed by atoms with E-state index in [2.05, 4.69) is 11.8 Å². The van der Waals surface area contributed by atoms with Crippen LogP contribution in [0.4, 0.5) is 0 Å². The molecular formula is C22H30O6. The van der Waals surface area contributed by atoms with Crippen LogP contribution in [-0.4, -0.2) is 52.8 Å². The molecule has 1 saturated heterocycles. The summed E-state index contributed by atoms with van der Waals surface area (Å²) >= 11 is 0. The van der Waals surface area contributed by atoms with Crippen LogP contribution in [0.1, 0.15) is 53.9 Å². The van der Waals surface area contributed by atoms with Crippen molar-refractivity contribution in [2.45, 2.75) is 77.5 Å². The number of aliphatic hydroxyl groups excluding tert-OH is 1. The maximum absolute atomic E-state index is 13.3. The Morgan fingerprint density at radius 3 is 2.61 bits per heavy atom. The molecule has 1 fully saturated rings. The first-order chi connectivity index (χ1) is 13.0. The van der Waals surface area contributed by atoms with Crippen molar-refractivity contribution >= 4 is 5.78 Å². The number of rotatable bonds is 4. The van der Waals surface area contributed by atoms with Crippen molar-refractivity contribution < 1.29 is 29.2 Å². The highest BCUT2D eigenvalue weighted by Crippen LogP contribution is 2.50. The molecule has 0 amide bonds. The molecule has 0 aromatic carbocycles. The molecule has 1 aliphatic carbocycles. The lowest BCUT2D eigenvalue weighted by atomic mass is 9.85. The highest BCUT2D eigenvalue weighted by atomic mass is 16.7. The molecule has 0 saturated carbocycles. The van der Waals surface area contributed by atoms with E-state index in [9.17, 15) is 15.0 Å². The van der Waals surface area contributed by atoms with E-state index < -0.39 is 29.0 Å². The minimum absolute atomic E-state index is 0.124. The normalized spacial score (nSPS) is 31.8. The summed E-state index contributed by atoms with van der Waals surface area (Å²) in [6.07, 6.45) is 1.41. The number of hydrogen-bond acceptors (Lipinski definition) is 6. The Kier molecular flexibility index (Phi) is 5.50. The van der Waals surface area contributed by atoms with Crippen LogP contribution in [0.2, 0.25) is 0 Å². The van der Waals surface area contributed by atoms with Crippen molar-refractivity contribution in [2.24, 2.45) is 5.41 Å². The van der Waals surface area contributed by atoms with E-state index in [4.69, 9.17) is 14.2 Å². The largest absolute Gasteiger partial charge is 0.478 e. The SMILES string of the molecule is CCC(O)C#CC(C)(C)CC1=C(C)C(=O)[C@]2(C[C@](C)(O)C=C2C2OCCO2)O1.